The number of hydrogen-bond acceptors (Lipinski definition) is 4. The summed E-state index contributed by atoms with van der Waals surface area (Å²) < 4.78 is 0. The molecule has 0 spiro atoms. The summed E-state index contributed by atoms with van der Waals surface area (Å²) in [7, 11) is 0. The normalized spacial score (nSPS) is 18.3. The third-order valence-corrected chi connectivity index (χ3v) is 5.63. The lowest BCUT2D eigenvalue weighted by molar-refractivity contribution is 0.0746. The molecular formula is C22H28N4O. The van der Waals surface area contributed by atoms with E-state index in [1.807, 2.05) is 23.2 Å². The smallest absolute Gasteiger partial charge is 0.255 e. The molecule has 2 aliphatic rings. The zero-order chi connectivity index (χ0) is 18.5. The molecule has 0 saturated carbocycles. The van der Waals surface area contributed by atoms with Gasteiger partial charge in [-0.15, -0.1) is 0 Å². The van der Waals surface area contributed by atoms with Gasteiger partial charge >= 0.3 is 0 Å². The summed E-state index contributed by atoms with van der Waals surface area (Å²) in [6.07, 6.45) is 8.66. The highest BCUT2D eigenvalue weighted by Gasteiger charge is 2.23. The van der Waals surface area contributed by atoms with Crippen LogP contribution >= 0.6 is 0 Å². The Hall–Kier alpha value is -2.56. The van der Waals surface area contributed by atoms with Crippen molar-refractivity contribution in [2.24, 2.45) is 0 Å². The van der Waals surface area contributed by atoms with Gasteiger partial charge in [0.15, 0.2) is 0 Å². The summed E-state index contributed by atoms with van der Waals surface area (Å²) in [5, 5.41) is 0. The number of rotatable bonds is 3. The molecule has 1 aromatic carbocycles. The minimum Gasteiger partial charge on any atom is -0.370 e. The summed E-state index contributed by atoms with van der Waals surface area (Å²) >= 11 is 0. The van der Waals surface area contributed by atoms with Gasteiger partial charge in [-0.2, -0.15) is 0 Å². The number of piperazine rings is 1. The topological polar surface area (TPSA) is 39.7 Å². The molecule has 5 nitrogen and oxygen atoms in total. The summed E-state index contributed by atoms with van der Waals surface area (Å²) in [5.74, 6) is 0.104. The lowest BCUT2D eigenvalue weighted by atomic mass is 10.2. The lowest BCUT2D eigenvalue weighted by Crippen LogP contribution is -2.48. The maximum absolute atomic E-state index is 13.0. The van der Waals surface area contributed by atoms with Crippen molar-refractivity contribution in [3.05, 3.63) is 54.4 Å². The van der Waals surface area contributed by atoms with Crippen LogP contribution in [0, 0.1) is 0 Å². The van der Waals surface area contributed by atoms with Crippen LogP contribution in [0.4, 0.5) is 11.4 Å². The van der Waals surface area contributed by atoms with Crippen molar-refractivity contribution in [3.8, 4) is 0 Å². The van der Waals surface area contributed by atoms with Crippen molar-refractivity contribution in [1.82, 2.24) is 9.88 Å². The Bertz CT molecular complexity index is 748. The van der Waals surface area contributed by atoms with Crippen LogP contribution in [0.1, 0.15) is 36.0 Å². The summed E-state index contributed by atoms with van der Waals surface area (Å²) in [4.78, 5) is 24.0. The van der Waals surface area contributed by atoms with Crippen LogP contribution in [-0.4, -0.2) is 55.1 Å². The quantitative estimate of drug-likeness (QED) is 0.837. The summed E-state index contributed by atoms with van der Waals surface area (Å²) in [5.41, 5.74) is 3.03. The Morgan fingerprint density at radius 3 is 2.11 bits per heavy atom. The molecule has 3 heterocycles. The standard InChI is InChI=1S/C22H28N4O/c27-22(26-14-12-25(13-15-26)20-8-4-3-5-9-20)19-16-21(18-23-17-19)24-10-6-1-2-7-11-24/h3-5,8-9,16-18H,1-2,6-7,10-15H2. The molecule has 27 heavy (non-hydrogen) atoms. The van der Waals surface area contributed by atoms with E-state index >= 15 is 0 Å². The van der Waals surface area contributed by atoms with Gasteiger partial charge in [0, 0.05) is 51.2 Å². The van der Waals surface area contributed by atoms with E-state index in [0.717, 1.165) is 45.0 Å². The maximum atomic E-state index is 13.0. The SMILES string of the molecule is O=C(c1cncc(N2CCCCCC2)c1)N1CCN(c2ccccc2)CC1. The minimum absolute atomic E-state index is 0.104. The fraction of sp³-hybridized carbons (Fsp3) is 0.455. The molecule has 0 radical (unpaired) electrons. The van der Waals surface area contributed by atoms with Gasteiger partial charge in [-0.05, 0) is 31.0 Å². The molecule has 0 atom stereocenters. The largest absolute Gasteiger partial charge is 0.370 e. The lowest BCUT2D eigenvalue weighted by Gasteiger charge is -2.36. The number of benzene rings is 1. The molecule has 5 heteroatoms. The number of aromatic nitrogens is 1. The van der Waals surface area contributed by atoms with Crippen LogP contribution in [0.15, 0.2) is 48.8 Å². The predicted octanol–water partition coefficient (Wildman–Crippen LogP) is 3.42. The first-order valence-electron chi connectivity index (χ1n) is 10.1. The average Bonchev–Trinajstić information content (AvgIpc) is 3.04. The van der Waals surface area contributed by atoms with Gasteiger partial charge in [0.1, 0.15) is 0 Å². The summed E-state index contributed by atoms with van der Waals surface area (Å²) in [6.45, 7) is 5.37. The van der Waals surface area contributed by atoms with Crippen molar-refractivity contribution < 1.29 is 4.79 Å². The molecule has 2 aliphatic heterocycles. The number of nitrogens with zero attached hydrogens (tertiary/aromatic N) is 4. The van der Waals surface area contributed by atoms with Gasteiger partial charge in [0.05, 0.1) is 17.4 Å². The monoisotopic (exact) mass is 364 g/mol. The van der Waals surface area contributed by atoms with Crippen LogP contribution in [0.5, 0.6) is 0 Å². The molecule has 1 amide bonds. The van der Waals surface area contributed by atoms with E-state index in [-0.39, 0.29) is 5.91 Å². The van der Waals surface area contributed by atoms with Crippen molar-refractivity contribution >= 4 is 17.3 Å². The second kappa shape index (κ2) is 8.42. The molecule has 2 fully saturated rings. The number of anilines is 2. The first kappa shape index (κ1) is 17.8. The number of carbonyl (C=O) groups excluding carboxylic acids is 1. The zero-order valence-electron chi connectivity index (χ0n) is 15.9. The molecule has 142 valence electrons. The number of amides is 1. The first-order chi connectivity index (χ1) is 13.3. The molecule has 4 rings (SSSR count). The summed E-state index contributed by atoms with van der Waals surface area (Å²) in [6, 6.07) is 12.5. The predicted molar refractivity (Wildman–Crippen MR) is 109 cm³/mol. The van der Waals surface area contributed by atoms with Crippen molar-refractivity contribution in [1.29, 1.82) is 0 Å². The van der Waals surface area contributed by atoms with Crippen molar-refractivity contribution in [3.63, 3.8) is 0 Å². The van der Waals surface area contributed by atoms with Crippen molar-refractivity contribution in [2.75, 3.05) is 49.1 Å². The maximum Gasteiger partial charge on any atom is 0.255 e. The van der Waals surface area contributed by atoms with Crippen LogP contribution in [-0.2, 0) is 0 Å². The van der Waals surface area contributed by atoms with E-state index in [4.69, 9.17) is 0 Å². The zero-order valence-corrected chi connectivity index (χ0v) is 15.9. The first-order valence-corrected chi connectivity index (χ1v) is 10.1. The van der Waals surface area contributed by atoms with Crippen LogP contribution in [0.3, 0.4) is 0 Å². The molecule has 2 aromatic rings. The second-order valence-electron chi connectivity index (χ2n) is 7.45. The number of carbonyl (C=O) groups is 1. The highest BCUT2D eigenvalue weighted by molar-refractivity contribution is 5.95. The van der Waals surface area contributed by atoms with Gasteiger partial charge in [-0.25, -0.2) is 0 Å². The van der Waals surface area contributed by atoms with E-state index in [1.165, 1.54) is 31.4 Å². The van der Waals surface area contributed by atoms with E-state index < -0.39 is 0 Å². The molecule has 0 N–H and O–H groups in total. The average molecular weight is 364 g/mol. The highest BCUT2D eigenvalue weighted by atomic mass is 16.2. The van der Waals surface area contributed by atoms with E-state index in [9.17, 15) is 4.79 Å². The number of para-hydroxylation sites is 1. The Balaban J connectivity index is 1.40. The van der Waals surface area contributed by atoms with Crippen molar-refractivity contribution in [2.45, 2.75) is 25.7 Å². The van der Waals surface area contributed by atoms with Gasteiger partial charge in [0.2, 0.25) is 0 Å². The Labute approximate surface area is 161 Å². The third-order valence-electron chi connectivity index (χ3n) is 5.63. The third kappa shape index (κ3) is 4.24. The second-order valence-corrected chi connectivity index (χ2v) is 7.45. The molecule has 0 bridgehead atoms. The number of pyridine rings is 1. The molecular weight excluding hydrogens is 336 g/mol. The van der Waals surface area contributed by atoms with E-state index in [1.54, 1.807) is 6.20 Å². The van der Waals surface area contributed by atoms with E-state index in [0.29, 0.717) is 5.56 Å². The Morgan fingerprint density at radius 1 is 0.741 bits per heavy atom. The number of hydrogen-bond donors (Lipinski definition) is 0. The molecule has 0 unspecified atom stereocenters. The van der Waals surface area contributed by atoms with Gasteiger partial charge < -0.3 is 14.7 Å². The van der Waals surface area contributed by atoms with Gasteiger partial charge in [0.25, 0.3) is 5.91 Å². The highest BCUT2D eigenvalue weighted by Crippen LogP contribution is 2.21. The van der Waals surface area contributed by atoms with Gasteiger partial charge in [-0.1, -0.05) is 31.0 Å². The van der Waals surface area contributed by atoms with Gasteiger partial charge in [-0.3, -0.25) is 9.78 Å². The van der Waals surface area contributed by atoms with Crippen LogP contribution in [0.2, 0.25) is 0 Å². The van der Waals surface area contributed by atoms with Crippen LogP contribution in [0.25, 0.3) is 0 Å². The fourth-order valence-corrected chi connectivity index (χ4v) is 4.04. The van der Waals surface area contributed by atoms with Crippen LogP contribution < -0.4 is 9.80 Å². The molecule has 1 aromatic heterocycles. The minimum atomic E-state index is 0.104. The Kier molecular flexibility index (Phi) is 5.56. The molecule has 2 saturated heterocycles. The Morgan fingerprint density at radius 2 is 1.41 bits per heavy atom. The van der Waals surface area contributed by atoms with E-state index in [2.05, 4.69) is 39.0 Å². The molecule has 0 aliphatic carbocycles. The fourth-order valence-electron chi connectivity index (χ4n) is 4.04.